The fraction of sp³-hybridized carbons (Fsp3) is 0.545. The molecule has 28 heavy (non-hydrogen) atoms. The first-order chi connectivity index (χ1) is 13.6. The van der Waals surface area contributed by atoms with E-state index in [0.717, 1.165) is 62.2 Å². The molecular weight excluding hydrogens is 350 g/mol. The van der Waals surface area contributed by atoms with Gasteiger partial charge in [0, 0.05) is 37.2 Å². The number of anilines is 1. The van der Waals surface area contributed by atoms with Gasteiger partial charge >= 0.3 is 0 Å². The van der Waals surface area contributed by atoms with Crippen molar-refractivity contribution in [3.8, 4) is 5.75 Å². The van der Waals surface area contributed by atoms with Gasteiger partial charge in [0.2, 0.25) is 0 Å². The summed E-state index contributed by atoms with van der Waals surface area (Å²) >= 11 is 0. The molecule has 0 radical (unpaired) electrons. The Morgan fingerprint density at radius 1 is 1.11 bits per heavy atom. The Kier molecular flexibility index (Phi) is 4.48. The van der Waals surface area contributed by atoms with Crippen molar-refractivity contribution >= 4 is 5.82 Å². The predicted octanol–water partition coefficient (Wildman–Crippen LogP) is 2.14. The monoisotopic (exact) mass is 379 g/mol. The van der Waals surface area contributed by atoms with Crippen LogP contribution >= 0.6 is 0 Å². The van der Waals surface area contributed by atoms with Crippen LogP contribution in [0.25, 0.3) is 0 Å². The number of fused-ring (bicyclic) bond motifs is 2. The number of ether oxygens (including phenoxy) is 1. The molecular formula is C22H29N5O. The number of benzene rings is 1. The number of nitrogens with one attached hydrogen (secondary N) is 1. The van der Waals surface area contributed by atoms with E-state index in [4.69, 9.17) is 14.7 Å². The van der Waals surface area contributed by atoms with Crippen molar-refractivity contribution in [2.24, 2.45) is 0 Å². The van der Waals surface area contributed by atoms with Gasteiger partial charge in [-0.05, 0) is 51.5 Å². The molecule has 2 aromatic rings. The van der Waals surface area contributed by atoms with E-state index in [2.05, 4.69) is 40.4 Å². The van der Waals surface area contributed by atoms with Gasteiger partial charge < -0.3 is 15.0 Å². The van der Waals surface area contributed by atoms with Crippen LogP contribution in [0.1, 0.15) is 35.5 Å². The lowest BCUT2D eigenvalue weighted by atomic mass is 9.84. The molecule has 1 N–H and O–H groups in total. The molecule has 3 aliphatic rings. The van der Waals surface area contributed by atoms with Crippen molar-refractivity contribution in [3.05, 3.63) is 46.9 Å². The molecule has 2 saturated heterocycles. The van der Waals surface area contributed by atoms with Gasteiger partial charge in [-0.3, -0.25) is 4.90 Å². The van der Waals surface area contributed by atoms with Crippen LogP contribution in [-0.2, 0) is 13.0 Å². The minimum atomic E-state index is 0.244. The molecule has 148 valence electrons. The first kappa shape index (κ1) is 17.9. The third kappa shape index (κ3) is 3.05. The molecule has 4 heterocycles. The third-order valence-electron chi connectivity index (χ3n) is 6.72. The highest BCUT2D eigenvalue weighted by molar-refractivity contribution is 5.54. The SMILES string of the molecule is Cc1nc2c(c(N3CCN(C)C4(CCNCC4)C3)n1)Cc1ccccc1OC2. The zero-order chi connectivity index (χ0) is 19.1. The Hall–Kier alpha value is -2.18. The van der Waals surface area contributed by atoms with Crippen LogP contribution in [0.2, 0.25) is 0 Å². The number of piperazine rings is 1. The summed E-state index contributed by atoms with van der Waals surface area (Å²) in [6, 6.07) is 8.34. The normalized spacial score (nSPS) is 21.6. The zero-order valence-corrected chi connectivity index (χ0v) is 16.9. The predicted molar refractivity (Wildman–Crippen MR) is 110 cm³/mol. The maximum Gasteiger partial charge on any atom is 0.136 e. The average molecular weight is 380 g/mol. The lowest BCUT2D eigenvalue weighted by Gasteiger charge is -2.52. The van der Waals surface area contributed by atoms with Crippen molar-refractivity contribution < 1.29 is 4.74 Å². The highest BCUT2D eigenvalue weighted by atomic mass is 16.5. The van der Waals surface area contributed by atoms with Gasteiger partial charge in [0.25, 0.3) is 0 Å². The molecule has 1 spiro atoms. The largest absolute Gasteiger partial charge is 0.487 e. The lowest BCUT2D eigenvalue weighted by Crippen LogP contribution is -2.64. The van der Waals surface area contributed by atoms with Gasteiger partial charge in [-0.2, -0.15) is 0 Å². The van der Waals surface area contributed by atoms with E-state index in [1.165, 1.54) is 24.0 Å². The van der Waals surface area contributed by atoms with Crippen LogP contribution in [0.5, 0.6) is 5.75 Å². The summed E-state index contributed by atoms with van der Waals surface area (Å²) in [6.45, 7) is 7.84. The van der Waals surface area contributed by atoms with Crippen LogP contribution < -0.4 is 15.0 Å². The highest BCUT2D eigenvalue weighted by Crippen LogP contribution is 2.36. The Morgan fingerprint density at radius 2 is 1.93 bits per heavy atom. The maximum atomic E-state index is 6.07. The smallest absolute Gasteiger partial charge is 0.136 e. The molecule has 2 fully saturated rings. The number of rotatable bonds is 1. The molecule has 0 bridgehead atoms. The van der Waals surface area contributed by atoms with E-state index in [1.54, 1.807) is 0 Å². The van der Waals surface area contributed by atoms with Crippen LogP contribution in [0.3, 0.4) is 0 Å². The highest BCUT2D eigenvalue weighted by Gasteiger charge is 2.41. The summed E-state index contributed by atoms with van der Waals surface area (Å²) in [5.41, 5.74) is 3.75. The van der Waals surface area contributed by atoms with Crippen molar-refractivity contribution in [3.63, 3.8) is 0 Å². The fourth-order valence-electron chi connectivity index (χ4n) is 5.00. The number of para-hydroxylation sites is 1. The Balaban J connectivity index is 1.53. The molecule has 3 aliphatic heterocycles. The van der Waals surface area contributed by atoms with Crippen LogP contribution in [-0.4, -0.2) is 60.2 Å². The first-order valence-electron chi connectivity index (χ1n) is 10.4. The second-order valence-corrected chi connectivity index (χ2v) is 8.41. The van der Waals surface area contributed by atoms with E-state index >= 15 is 0 Å². The van der Waals surface area contributed by atoms with Gasteiger partial charge in [-0.15, -0.1) is 0 Å². The second-order valence-electron chi connectivity index (χ2n) is 8.41. The van der Waals surface area contributed by atoms with E-state index in [1.807, 2.05) is 13.0 Å². The molecule has 0 saturated carbocycles. The van der Waals surface area contributed by atoms with E-state index in [0.29, 0.717) is 6.61 Å². The van der Waals surface area contributed by atoms with E-state index < -0.39 is 0 Å². The van der Waals surface area contributed by atoms with Gasteiger partial charge in [-0.1, -0.05) is 18.2 Å². The molecule has 0 unspecified atom stereocenters. The minimum absolute atomic E-state index is 0.244. The summed E-state index contributed by atoms with van der Waals surface area (Å²) in [5.74, 6) is 2.92. The summed E-state index contributed by atoms with van der Waals surface area (Å²) in [7, 11) is 2.29. The number of piperidine rings is 1. The molecule has 6 nitrogen and oxygen atoms in total. The summed E-state index contributed by atoms with van der Waals surface area (Å²) < 4.78 is 6.07. The molecule has 0 amide bonds. The van der Waals surface area contributed by atoms with Crippen LogP contribution in [0, 0.1) is 6.92 Å². The number of likely N-dealkylation sites (N-methyl/N-ethyl adjacent to an activating group) is 1. The number of hydrogen-bond acceptors (Lipinski definition) is 6. The Bertz CT molecular complexity index is 877. The standard InChI is InChI=1S/C22H29N5O/c1-16-24-19-14-28-20-6-4-3-5-17(20)13-18(19)21(25-16)27-12-11-26(2)22(15-27)7-9-23-10-8-22/h3-6,23H,7-15H2,1-2H3. The second kappa shape index (κ2) is 7.01. The Labute approximate surface area is 166 Å². The van der Waals surface area contributed by atoms with Gasteiger partial charge in [0.05, 0.1) is 5.69 Å². The number of aromatic nitrogens is 2. The average Bonchev–Trinajstić information content (AvgIpc) is 2.90. The van der Waals surface area contributed by atoms with E-state index in [-0.39, 0.29) is 5.54 Å². The molecule has 0 aliphatic carbocycles. The molecule has 0 atom stereocenters. The molecule has 6 heteroatoms. The summed E-state index contributed by atoms with van der Waals surface area (Å²) in [6.07, 6.45) is 3.22. The maximum absolute atomic E-state index is 6.07. The molecule has 5 rings (SSSR count). The number of hydrogen-bond donors (Lipinski definition) is 1. The number of nitrogens with zero attached hydrogens (tertiary/aromatic N) is 4. The zero-order valence-electron chi connectivity index (χ0n) is 16.9. The fourth-order valence-corrected chi connectivity index (χ4v) is 5.00. The van der Waals surface area contributed by atoms with Crippen molar-refractivity contribution in [1.82, 2.24) is 20.2 Å². The van der Waals surface area contributed by atoms with Crippen LogP contribution in [0.4, 0.5) is 5.82 Å². The third-order valence-corrected chi connectivity index (χ3v) is 6.72. The summed E-state index contributed by atoms with van der Waals surface area (Å²) in [4.78, 5) is 14.8. The first-order valence-corrected chi connectivity index (χ1v) is 10.4. The minimum Gasteiger partial charge on any atom is -0.487 e. The van der Waals surface area contributed by atoms with Crippen molar-refractivity contribution in [2.75, 3.05) is 44.7 Å². The topological polar surface area (TPSA) is 53.5 Å². The summed E-state index contributed by atoms with van der Waals surface area (Å²) in [5, 5.41) is 3.52. The van der Waals surface area contributed by atoms with Gasteiger partial charge in [0.1, 0.15) is 24.0 Å². The number of aryl methyl sites for hydroxylation is 1. The van der Waals surface area contributed by atoms with Crippen molar-refractivity contribution in [1.29, 1.82) is 0 Å². The lowest BCUT2D eigenvalue weighted by molar-refractivity contribution is 0.0695. The van der Waals surface area contributed by atoms with Crippen molar-refractivity contribution in [2.45, 2.75) is 38.3 Å². The molecule has 1 aromatic carbocycles. The quantitative estimate of drug-likeness (QED) is 0.819. The van der Waals surface area contributed by atoms with Crippen LogP contribution in [0.15, 0.2) is 24.3 Å². The Morgan fingerprint density at radius 3 is 2.79 bits per heavy atom. The molecule has 1 aromatic heterocycles. The van der Waals surface area contributed by atoms with Gasteiger partial charge in [-0.25, -0.2) is 9.97 Å². The van der Waals surface area contributed by atoms with E-state index in [9.17, 15) is 0 Å². The van der Waals surface area contributed by atoms with Gasteiger partial charge in [0.15, 0.2) is 0 Å².